The number of likely N-dealkylation sites (N-methyl/N-ethyl adjacent to an activating group) is 1. The molecule has 7 nitrogen and oxygen atoms in total. The third-order valence-corrected chi connectivity index (χ3v) is 5.11. The van der Waals surface area contributed by atoms with Crippen molar-refractivity contribution in [2.75, 3.05) is 11.3 Å². The van der Waals surface area contributed by atoms with E-state index < -0.39 is 28.0 Å². The zero-order valence-corrected chi connectivity index (χ0v) is 16.2. The molecular formula is C19H22N2O5S. The molecule has 2 aromatic rings. The van der Waals surface area contributed by atoms with Gasteiger partial charge in [-0.05, 0) is 57.2 Å². The third kappa shape index (κ3) is 5.55. The highest BCUT2D eigenvalue weighted by Gasteiger charge is 2.19. The topological polar surface area (TPSA) is 102 Å². The molecule has 0 aliphatic carbocycles. The summed E-state index contributed by atoms with van der Waals surface area (Å²) in [6.45, 7) is 5.56. The van der Waals surface area contributed by atoms with E-state index >= 15 is 0 Å². The number of sulfonamides is 1. The second-order valence-electron chi connectivity index (χ2n) is 5.94. The number of carbonyl (C=O) groups is 2. The van der Waals surface area contributed by atoms with Crippen molar-refractivity contribution in [2.45, 2.75) is 31.8 Å². The predicted octanol–water partition coefficient (Wildman–Crippen LogP) is 2.48. The summed E-state index contributed by atoms with van der Waals surface area (Å²) in [5, 5.41) is 2.55. The molecule has 0 unspecified atom stereocenters. The van der Waals surface area contributed by atoms with E-state index in [1.807, 2.05) is 6.92 Å². The third-order valence-electron chi connectivity index (χ3n) is 3.71. The van der Waals surface area contributed by atoms with Crippen LogP contribution in [0.5, 0.6) is 0 Å². The van der Waals surface area contributed by atoms with E-state index in [9.17, 15) is 18.0 Å². The van der Waals surface area contributed by atoms with Crippen LogP contribution in [0.3, 0.4) is 0 Å². The number of amides is 1. The molecule has 0 aliphatic rings. The van der Waals surface area contributed by atoms with E-state index in [1.165, 1.54) is 31.2 Å². The van der Waals surface area contributed by atoms with Gasteiger partial charge in [0.15, 0.2) is 6.10 Å². The Balaban J connectivity index is 2.08. The minimum Gasteiger partial charge on any atom is -0.449 e. The number of esters is 1. The zero-order valence-electron chi connectivity index (χ0n) is 15.4. The fourth-order valence-corrected chi connectivity index (χ4v) is 3.26. The number of ether oxygens (including phenoxy) is 1. The molecule has 0 spiro atoms. The molecule has 0 fully saturated rings. The average Bonchev–Trinajstić information content (AvgIpc) is 2.63. The van der Waals surface area contributed by atoms with Crippen LogP contribution in [-0.2, 0) is 19.6 Å². The van der Waals surface area contributed by atoms with E-state index in [1.54, 1.807) is 31.2 Å². The van der Waals surface area contributed by atoms with Crippen molar-refractivity contribution in [3.8, 4) is 0 Å². The molecule has 0 radical (unpaired) electrons. The van der Waals surface area contributed by atoms with E-state index in [4.69, 9.17) is 4.74 Å². The van der Waals surface area contributed by atoms with E-state index in [0.717, 1.165) is 5.56 Å². The lowest BCUT2D eigenvalue weighted by Gasteiger charge is -2.13. The molecule has 2 rings (SSSR count). The van der Waals surface area contributed by atoms with Crippen LogP contribution in [0.4, 0.5) is 5.69 Å². The van der Waals surface area contributed by atoms with Crippen molar-refractivity contribution in [3.63, 3.8) is 0 Å². The average molecular weight is 390 g/mol. The smallest absolute Gasteiger partial charge is 0.338 e. The van der Waals surface area contributed by atoms with Gasteiger partial charge >= 0.3 is 5.97 Å². The Morgan fingerprint density at radius 2 is 1.63 bits per heavy atom. The van der Waals surface area contributed by atoms with Crippen LogP contribution in [-0.4, -0.2) is 32.9 Å². The monoisotopic (exact) mass is 390 g/mol. The van der Waals surface area contributed by atoms with Gasteiger partial charge in [0.1, 0.15) is 0 Å². The molecule has 2 N–H and O–H groups in total. The summed E-state index contributed by atoms with van der Waals surface area (Å²) in [6.07, 6.45) is -0.941. The van der Waals surface area contributed by atoms with E-state index in [0.29, 0.717) is 12.2 Å². The van der Waals surface area contributed by atoms with Crippen molar-refractivity contribution in [1.29, 1.82) is 0 Å². The van der Waals surface area contributed by atoms with Crippen LogP contribution < -0.4 is 10.0 Å². The molecule has 1 amide bonds. The largest absolute Gasteiger partial charge is 0.449 e. The summed E-state index contributed by atoms with van der Waals surface area (Å²) >= 11 is 0. The molecular weight excluding hydrogens is 368 g/mol. The van der Waals surface area contributed by atoms with E-state index in [2.05, 4.69) is 10.0 Å². The fraction of sp³-hybridized carbons (Fsp3) is 0.263. The number of anilines is 1. The van der Waals surface area contributed by atoms with Crippen LogP contribution in [0.2, 0.25) is 0 Å². The molecule has 144 valence electrons. The first kappa shape index (κ1) is 20.4. The number of hydrogen-bond donors (Lipinski definition) is 2. The Morgan fingerprint density at radius 1 is 1.04 bits per heavy atom. The van der Waals surface area contributed by atoms with E-state index in [-0.39, 0.29) is 10.5 Å². The number of rotatable bonds is 7. The van der Waals surface area contributed by atoms with Gasteiger partial charge in [-0.1, -0.05) is 17.7 Å². The zero-order chi connectivity index (χ0) is 20.0. The molecule has 0 heterocycles. The summed E-state index contributed by atoms with van der Waals surface area (Å²) in [5.41, 5.74) is 1.61. The molecule has 8 heteroatoms. The van der Waals surface area contributed by atoms with Crippen molar-refractivity contribution in [2.24, 2.45) is 0 Å². The second kappa shape index (κ2) is 8.68. The number of carbonyl (C=O) groups excluding carboxylic acids is 2. The molecule has 0 saturated carbocycles. The molecule has 0 aliphatic heterocycles. The van der Waals surface area contributed by atoms with Crippen LogP contribution in [0, 0.1) is 6.92 Å². The quantitative estimate of drug-likeness (QED) is 0.707. The maximum absolute atomic E-state index is 12.4. The Hall–Kier alpha value is -2.87. The fourth-order valence-electron chi connectivity index (χ4n) is 2.21. The van der Waals surface area contributed by atoms with Crippen molar-refractivity contribution >= 4 is 27.6 Å². The van der Waals surface area contributed by atoms with Gasteiger partial charge in [0.2, 0.25) is 0 Å². The van der Waals surface area contributed by atoms with Gasteiger partial charge in [-0.3, -0.25) is 9.52 Å². The summed E-state index contributed by atoms with van der Waals surface area (Å²) in [5.74, 6) is -1.10. The number of aryl methyl sites for hydroxylation is 1. The van der Waals surface area contributed by atoms with Gasteiger partial charge in [-0.2, -0.15) is 0 Å². The molecule has 1 atom stereocenters. The SMILES string of the molecule is CCNC(=O)[C@H](C)OC(=O)c1ccc(S(=O)(=O)Nc2ccc(C)cc2)cc1. The lowest BCUT2D eigenvalue weighted by molar-refractivity contribution is -0.128. The molecule has 2 aromatic carbocycles. The van der Waals surface area contributed by atoms with Gasteiger partial charge in [0, 0.05) is 12.2 Å². The summed E-state index contributed by atoms with van der Waals surface area (Å²) in [7, 11) is -3.78. The van der Waals surface area contributed by atoms with Crippen molar-refractivity contribution < 1.29 is 22.7 Å². The maximum atomic E-state index is 12.4. The lowest BCUT2D eigenvalue weighted by atomic mass is 10.2. The molecule has 0 aromatic heterocycles. The molecule has 0 bridgehead atoms. The highest BCUT2D eigenvalue weighted by molar-refractivity contribution is 7.92. The van der Waals surface area contributed by atoms with Gasteiger partial charge in [-0.25, -0.2) is 13.2 Å². The Bertz CT molecular complexity index is 906. The predicted molar refractivity (Wildman–Crippen MR) is 102 cm³/mol. The summed E-state index contributed by atoms with van der Waals surface area (Å²) < 4.78 is 32.4. The van der Waals surface area contributed by atoms with Gasteiger partial charge in [0.25, 0.3) is 15.9 Å². The van der Waals surface area contributed by atoms with Crippen molar-refractivity contribution in [3.05, 3.63) is 59.7 Å². The van der Waals surface area contributed by atoms with Crippen LogP contribution in [0.25, 0.3) is 0 Å². The van der Waals surface area contributed by atoms with Gasteiger partial charge in [-0.15, -0.1) is 0 Å². The second-order valence-corrected chi connectivity index (χ2v) is 7.62. The minimum absolute atomic E-state index is 0.0106. The standard InChI is InChI=1S/C19H22N2O5S/c1-4-20-18(22)14(3)26-19(23)15-7-11-17(12-8-15)27(24,25)21-16-9-5-13(2)6-10-16/h5-12,14,21H,4H2,1-3H3,(H,20,22)/t14-/m0/s1. The van der Waals surface area contributed by atoms with Crippen LogP contribution >= 0.6 is 0 Å². The summed E-state index contributed by atoms with van der Waals surface area (Å²) in [4.78, 5) is 23.7. The first-order valence-electron chi connectivity index (χ1n) is 8.41. The van der Waals surface area contributed by atoms with Crippen LogP contribution in [0.1, 0.15) is 29.8 Å². The number of hydrogen-bond acceptors (Lipinski definition) is 5. The first-order valence-corrected chi connectivity index (χ1v) is 9.89. The van der Waals surface area contributed by atoms with Gasteiger partial charge in [0.05, 0.1) is 10.5 Å². The Morgan fingerprint density at radius 3 is 2.19 bits per heavy atom. The molecule has 0 saturated heterocycles. The highest BCUT2D eigenvalue weighted by atomic mass is 32.2. The maximum Gasteiger partial charge on any atom is 0.338 e. The molecule has 27 heavy (non-hydrogen) atoms. The minimum atomic E-state index is -3.78. The van der Waals surface area contributed by atoms with Crippen LogP contribution in [0.15, 0.2) is 53.4 Å². The Labute approximate surface area is 158 Å². The van der Waals surface area contributed by atoms with Gasteiger partial charge < -0.3 is 10.1 Å². The highest BCUT2D eigenvalue weighted by Crippen LogP contribution is 2.17. The number of benzene rings is 2. The van der Waals surface area contributed by atoms with Crippen molar-refractivity contribution in [1.82, 2.24) is 5.32 Å². The number of nitrogens with one attached hydrogen (secondary N) is 2. The lowest BCUT2D eigenvalue weighted by Crippen LogP contribution is -2.35. The summed E-state index contributed by atoms with van der Waals surface area (Å²) in [6, 6.07) is 12.2. The normalized spacial score (nSPS) is 12.1. The Kier molecular flexibility index (Phi) is 6.57. The first-order chi connectivity index (χ1) is 12.7.